The maximum absolute atomic E-state index is 13.7. The van der Waals surface area contributed by atoms with Gasteiger partial charge in [0, 0.05) is 29.4 Å². The van der Waals surface area contributed by atoms with Gasteiger partial charge in [-0.2, -0.15) is 5.10 Å². The van der Waals surface area contributed by atoms with Crippen LogP contribution in [0.4, 0.5) is 4.39 Å². The number of nitrogens with zero attached hydrogens (tertiary/aromatic N) is 2. The van der Waals surface area contributed by atoms with Crippen LogP contribution in [0, 0.1) is 5.82 Å². The van der Waals surface area contributed by atoms with Crippen LogP contribution >= 0.6 is 12.4 Å². The maximum Gasteiger partial charge on any atom is 0.127 e. The summed E-state index contributed by atoms with van der Waals surface area (Å²) in [5.74, 6) is -0.169. The molecule has 0 radical (unpaired) electrons. The van der Waals surface area contributed by atoms with Gasteiger partial charge in [0.05, 0.1) is 19.3 Å². The zero-order valence-electron chi connectivity index (χ0n) is 12.3. The molecule has 4 nitrogen and oxygen atoms in total. The molecule has 1 aromatic carbocycles. The number of hydrogen-bond acceptors (Lipinski definition) is 3. The number of fused-ring (bicyclic) bond motifs is 1. The van der Waals surface area contributed by atoms with Gasteiger partial charge in [-0.25, -0.2) is 4.39 Å². The van der Waals surface area contributed by atoms with Crippen LogP contribution in [-0.4, -0.2) is 21.5 Å². The van der Waals surface area contributed by atoms with Crippen LogP contribution in [0.2, 0.25) is 0 Å². The summed E-state index contributed by atoms with van der Waals surface area (Å²) in [6.45, 7) is 1.15. The molecule has 0 saturated carbocycles. The van der Waals surface area contributed by atoms with Crippen molar-refractivity contribution in [2.45, 2.75) is 38.4 Å². The highest BCUT2D eigenvalue weighted by Crippen LogP contribution is 2.29. The molecule has 0 spiro atoms. The third-order valence-corrected chi connectivity index (χ3v) is 4.07. The minimum absolute atomic E-state index is 0. The van der Waals surface area contributed by atoms with E-state index in [1.165, 1.54) is 17.3 Å². The van der Waals surface area contributed by atoms with Crippen LogP contribution in [0.3, 0.4) is 0 Å². The number of nitrogens with one attached hydrogen (secondary N) is 1. The molecule has 0 saturated heterocycles. The van der Waals surface area contributed by atoms with E-state index in [0.717, 1.165) is 19.3 Å². The fourth-order valence-electron chi connectivity index (χ4n) is 2.99. The predicted octanol–water partition coefficient (Wildman–Crippen LogP) is 2.60. The Bertz CT molecular complexity index is 617. The smallest absolute Gasteiger partial charge is 0.127 e. The standard InChI is InChI=1S/C16H20FN3O.ClH/c17-14-5-2-1-4-12(14)10-18-15-6-3-7-16-13(15)11-19-20(16)8-9-21;/h1-2,4-5,11,15,18,21H,3,6-10H2;1H. The van der Waals surface area contributed by atoms with E-state index in [1.54, 1.807) is 12.1 Å². The molecule has 2 N–H and O–H groups in total. The first-order valence-electron chi connectivity index (χ1n) is 7.42. The third kappa shape index (κ3) is 3.48. The van der Waals surface area contributed by atoms with E-state index in [2.05, 4.69) is 10.4 Å². The normalized spacial score (nSPS) is 16.9. The van der Waals surface area contributed by atoms with Gasteiger partial charge in [-0.3, -0.25) is 4.68 Å². The second-order valence-electron chi connectivity index (χ2n) is 5.41. The highest BCUT2D eigenvalue weighted by atomic mass is 35.5. The van der Waals surface area contributed by atoms with Crippen molar-refractivity contribution >= 4 is 12.4 Å². The van der Waals surface area contributed by atoms with Gasteiger partial charge in [0.1, 0.15) is 5.82 Å². The molecule has 22 heavy (non-hydrogen) atoms. The van der Waals surface area contributed by atoms with Gasteiger partial charge >= 0.3 is 0 Å². The van der Waals surface area contributed by atoms with Crippen LogP contribution < -0.4 is 5.32 Å². The minimum atomic E-state index is -0.169. The molecule has 1 aliphatic rings. The summed E-state index contributed by atoms with van der Waals surface area (Å²) in [5, 5.41) is 16.9. The summed E-state index contributed by atoms with van der Waals surface area (Å²) < 4.78 is 15.5. The SMILES string of the molecule is Cl.OCCn1ncc2c1CCCC2NCc1ccccc1F. The number of halogens is 2. The van der Waals surface area contributed by atoms with E-state index in [4.69, 9.17) is 5.11 Å². The summed E-state index contributed by atoms with van der Waals surface area (Å²) in [6.07, 6.45) is 4.99. The lowest BCUT2D eigenvalue weighted by Crippen LogP contribution is -2.25. The molecule has 1 unspecified atom stereocenters. The molecular weight excluding hydrogens is 305 g/mol. The predicted molar refractivity (Wildman–Crippen MR) is 85.5 cm³/mol. The zero-order chi connectivity index (χ0) is 14.7. The Morgan fingerprint density at radius 1 is 1.36 bits per heavy atom. The molecular formula is C16H21ClFN3O. The Morgan fingerprint density at radius 3 is 2.95 bits per heavy atom. The highest BCUT2D eigenvalue weighted by molar-refractivity contribution is 5.85. The van der Waals surface area contributed by atoms with Crippen molar-refractivity contribution < 1.29 is 9.50 Å². The topological polar surface area (TPSA) is 50.1 Å². The molecule has 0 aliphatic heterocycles. The number of hydrogen-bond donors (Lipinski definition) is 2. The summed E-state index contributed by atoms with van der Waals surface area (Å²) in [4.78, 5) is 0. The van der Waals surface area contributed by atoms with Crippen LogP contribution in [0.15, 0.2) is 30.5 Å². The lowest BCUT2D eigenvalue weighted by Gasteiger charge is -2.24. The van der Waals surface area contributed by atoms with Gasteiger partial charge in [-0.05, 0) is 25.3 Å². The van der Waals surface area contributed by atoms with E-state index in [0.29, 0.717) is 18.7 Å². The molecule has 120 valence electrons. The van der Waals surface area contributed by atoms with Crippen molar-refractivity contribution in [3.8, 4) is 0 Å². The molecule has 1 aromatic heterocycles. The maximum atomic E-state index is 13.7. The first-order valence-corrected chi connectivity index (χ1v) is 7.42. The molecule has 1 aliphatic carbocycles. The Hall–Kier alpha value is -1.43. The number of rotatable bonds is 5. The number of benzene rings is 1. The highest BCUT2D eigenvalue weighted by Gasteiger charge is 2.23. The van der Waals surface area contributed by atoms with Crippen molar-refractivity contribution in [2.24, 2.45) is 0 Å². The zero-order valence-corrected chi connectivity index (χ0v) is 13.2. The average Bonchev–Trinajstić information content (AvgIpc) is 2.91. The lowest BCUT2D eigenvalue weighted by atomic mass is 9.93. The number of aliphatic hydroxyl groups is 1. The van der Waals surface area contributed by atoms with Gasteiger partial charge in [-0.15, -0.1) is 12.4 Å². The van der Waals surface area contributed by atoms with Crippen molar-refractivity contribution in [1.82, 2.24) is 15.1 Å². The van der Waals surface area contributed by atoms with Crippen molar-refractivity contribution in [3.63, 3.8) is 0 Å². The average molecular weight is 326 g/mol. The Morgan fingerprint density at radius 2 is 2.18 bits per heavy atom. The van der Waals surface area contributed by atoms with Crippen molar-refractivity contribution in [1.29, 1.82) is 0 Å². The van der Waals surface area contributed by atoms with E-state index >= 15 is 0 Å². The van der Waals surface area contributed by atoms with E-state index in [9.17, 15) is 4.39 Å². The Balaban J connectivity index is 0.00000176. The lowest BCUT2D eigenvalue weighted by molar-refractivity contribution is 0.266. The summed E-state index contributed by atoms with van der Waals surface area (Å²) >= 11 is 0. The fraction of sp³-hybridized carbons (Fsp3) is 0.438. The molecule has 0 fully saturated rings. The minimum Gasteiger partial charge on any atom is -0.394 e. The van der Waals surface area contributed by atoms with Crippen LogP contribution in [0.5, 0.6) is 0 Å². The molecule has 2 aromatic rings. The Labute approximate surface area is 135 Å². The van der Waals surface area contributed by atoms with Crippen LogP contribution in [-0.2, 0) is 19.5 Å². The van der Waals surface area contributed by atoms with Gasteiger partial charge in [0.25, 0.3) is 0 Å². The van der Waals surface area contributed by atoms with Gasteiger partial charge < -0.3 is 10.4 Å². The number of aliphatic hydroxyl groups excluding tert-OH is 1. The number of aromatic nitrogens is 2. The first-order chi connectivity index (χ1) is 10.3. The van der Waals surface area contributed by atoms with Crippen LogP contribution in [0.1, 0.15) is 35.7 Å². The second kappa shape index (κ2) is 7.72. The molecule has 0 bridgehead atoms. The van der Waals surface area contributed by atoms with Gasteiger partial charge in [-0.1, -0.05) is 18.2 Å². The van der Waals surface area contributed by atoms with E-state index in [-0.39, 0.29) is 30.9 Å². The fourth-order valence-corrected chi connectivity index (χ4v) is 2.99. The van der Waals surface area contributed by atoms with Crippen LogP contribution in [0.25, 0.3) is 0 Å². The van der Waals surface area contributed by atoms with E-state index in [1.807, 2.05) is 16.9 Å². The molecule has 1 atom stereocenters. The van der Waals surface area contributed by atoms with Gasteiger partial charge in [0.15, 0.2) is 0 Å². The summed E-state index contributed by atoms with van der Waals surface area (Å²) in [6, 6.07) is 7.06. The quantitative estimate of drug-likeness (QED) is 0.888. The monoisotopic (exact) mass is 325 g/mol. The second-order valence-corrected chi connectivity index (χ2v) is 5.41. The molecule has 6 heteroatoms. The van der Waals surface area contributed by atoms with Crippen molar-refractivity contribution in [2.75, 3.05) is 6.61 Å². The van der Waals surface area contributed by atoms with Gasteiger partial charge in [0.2, 0.25) is 0 Å². The van der Waals surface area contributed by atoms with Crippen molar-refractivity contribution in [3.05, 3.63) is 53.1 Å². The van der Waals surface area contributed by atoms with E-state index < -0.39 is 0 Å². The third-order valence-electron chi connectivity index (χ3n) is 4.07. The molecule has 1 heterocycles. The molecule has 0 amide bonds. The molecule has 3 rings (SSSR count). The largest absolute Gasteiger partial charge is 0.394 e. The first kappa shape index (κ1) is 16.9. The summed E-state index contributed by atoms with van der Waals surface area (Å²) in [7, 11) is 0. The summed E-state index contributed by atoms with van der Waals surface area (Å²) in [5.41, 5.74) is 3.07. The Kier molecular flexibility index (Phi) is 5.94.